The van der Waals surface area contributed by atoms with Gasteiger partial charge in [0.25, 0.3) is 0 Å². The molecule has 0 aromatic carbocycles. The van der Waals surface area contributed by atoms with Crippen LogP contribution in [-0.4, -0.2) is 45.3 Å². The van der Waals surface area contributed by atoms with Gasteiger partial charge in [-0.15, -0.1) is 12.4 Å². The number of hydrogen-bond acceptors (Lipinski definition) is 4. The van der Waals surface area contributed by atoms with Gasteiger partial charge in [-0.05, 0) is 12.8 Å². The maximum absolute atomic E-state index is 4.39. The molecule has 0 amide bonds. The Morgan fingerprint density at radius 1 is 1.50 bits per heavy atom. The summed E-state index contributed by atoms with van der Waals surface area (Å²) in [6.07, 6.45) is 1.67. The van der Waals surface area contributed by atoms with Crippen LogP contribution in [0, 0.1) is 5.92 Å². The topological polar surface area (TPSA) is 46.0 Å². The van der Waals surface area contributed by atoms with Gasteiger partial charge in [0.15, 0.2) is 0 Å². The number of nitrogens with zero attached hydrogens (tertiary/aromatic N) is 4. The number of piperazine rings is 1. The minimum atomic E-state index is 0. The summed E-state index contributed by atoms with van der Waals surface area (Å²) in [6.45, 7) is 11.8. The van der Waals surface area contributed by atoms with E-state index < -0.39 is 0 Å². The van der Waals surface area contributed by atoms with Crippen LogP contribution in [0.15, 0.2) is 6.33 Å². The van der Waals surface area contributed by atoms with E-state index in [1.54, 1.807) is 6.33 Å². The molecule has 0 saturated carbocycles. The lowest BCUT2D eigenvalue weighted by Crippen LogP contribution is -2.49. The predicted octanol–water partition coefficient (Wildman–Crippen LogP) is 1.15. The molecular formula is C12H24ClN5. The molecule has 1 fully saturated rings. The van der Waals surface area contributed by atoms with Gasteiger partial charge in [0.1, 0.15) is 12.2 Å². The van der Waals surface area contributed by atoms with Gasteiger partial charge in [0, 0.05) is 32.2 Å². The maximum Gasteiger partial charge on any atom is 0.141 e. The highest BCUT2D eigenvalue weighted by Gasteiger charge is 2.20. The zero-order valence-electron chi connectivity index (χ0n) is 11.5. The fourth-order valence-corrected chi connectivity index (χ4v) is 2.21. The van der Waals surface area contributed by atoms with Crippen LogP contribution in [0.4, 0.5) is 0 Å². The Morgan fingerprint density at radius 3 is 2.94 bits per heavy atom. The summed E-state index contributed by atoms with van der Waals surface area (Å²) in [5.74, 6) is 1.70. The molecule has 104 valence electrons. The highest BCUT2D eigenvalue weighted by Crippen LogP contribution is 2.09. The molecule has 1 saturated heterocycles. The summed E-state index contributed by atoms with van der Waals surface area (Å²) >= 11 is 0. The number of aromatic nitrogens is 3. The van der Waals surface area contributed by atoms with E-state index in [0.717, 1.165) is 38.5 Å². The Labute approximate surface area is 115 Å². The van der Waals surface area contributed by atoms with Crippen LogP contribution in [0.2, 0.25) is 0 Å². The molecule has 0 bridgehead atoms. The summed E-state index contributed by atoms with van der Waals surface area (Å²) in [7, 11) is 0. The summed E-state index contributed by atoms with van der Waals surface area (Å²) in [4.78, 5) is 6.86. The van der Waals surface area contributed by atoms with Crippen molar-refractivity contribution in [2.75, 3.05) is 19.6 Å². The molecule has 0 radical (unpaired) electrons. The molecule has 0 spiro atoms. The van der Waals surface area contributed by atoms with E-state index in [1.807, 2.05) is 4.68 Å². The number of hydrogen-bond donors (Lipinski definition) is 1. The molecule has 0 aliphatic carbocycles. The van der Waals surface area contributed by atoms with Crippen LogP contribution in [0.1, 0.15) is 26.6 Å². The van der Waals surface area contributed by atoms with E-state index in [0.29, 0.717) is 12.0 Å². The van der Waals surface area contributed by atoms with E-state index in [2.05, 4.69) is 41.1 Å². The van der Waals surface area contributed by atoms with Gasteiger partial charge in [-0.3, -0.25) is 4.90 Å². The van der Waals surface area contributed by atoms with Gasteiger partial charge in [0.2, 0.25) is 0 Å². The van der Waals surface area contributed by atoms with E-state index in [4.69, 9.17) is 0 Å². The zero-order valence-corrected chi connectivity index (χ0v) is 12.3. The Hall–Kier alpha value is -0.650. The molecule has 2 heterocycles. The average Bonchev–Trinajstić information content (AvgIpc) is 2.68. The Bertz CT molecular complexity index is 352. The molecule has 6 heteroatoms. The fourth-order valence-electron chi connectivity index (χ4n) is 2.21. The van der Waals surface area contributed by atoms with Gasteiger partial charge in [-0.1, -0.05) is 13.8 Å². The fraction of sp³-hybridized carbons (Fsp3) is 0.833. The molecule has 1 atom stereocenters. The van der Waals surface area contributed by atoms with Crippen molar-refractivity contribution in [2.24, 2.45) is 5.92 Å². The van der Waals surface area contributed by atoms with Crippen LogP contribution >= 0.6 is 12.4 Å². The lowest BCUT2D eigenvalue weighted by atomic mass is 10.2. The van der Waals surface area contributed by atoms with Gasteiger partial charge in [-0.25, -0.2) is 9.67 Å². The SMILES string of the molecule is CC(C)Cn1ncnc1CN1CCNC[C@@H]1C.Cl. The lowest BCUT2D eigenvalue weighted by Gasteiger charge is -2.33. The predicted molar refractivity (Wildman–Crippen MR) is 74.8 cm³/mol. The third-order valence-electron chi connectivity index (χ3n) is 3.22. The average molecular weight is 274 g/mol. The second kappa shape index (κ2) is 7.07. The van der Waals surface area contributed by atoms with Crippen molar-refractivity contribution in [1.82, 2.24) is 25.0 Å². The minimum Gasteiger partial charge on any atom is -0.314 e. The van der Waals surface area contributed by atoms with Crippen LogP contribution in [0.5, 0.6) is 0 Å². The Balaban J connectivity index is 0.00000162. The highest BCUT2D eigenvalue weighted by molar-refractivity contribution is 5.85. The maximum atomic E-state index is 4.39. The Morgan fingerprint density at radius 2 is 2.28 bits per heavy atom. The number of nitrogens with one attached hydrogen (secondary N) is 1. The third-order valence-corrected chi connectivity index (χ3v) is 3.22. The first-order valence-electron chi connectivity index (χ1n) is 6.48. The van der Waals surface area contributed by atoms with Crippen molar-refractivity contribution >= 4 is 12.4 Å². The zero-order chi connectivity index (χ0) is 12.3. The molecule has 5 nitrogen and oxygen atoms in total. The molecule has 1 N–H and O–H groups in total. The Kier molecular flexibility index (Phi) is 6.05. The van der Waals surface area contributed by atoms with Crippen molar-refractivity contribution < 1.29 is 0 Å². The highest BCUT2D eigenvalue weighted by atomic mass is 35.5. The first-order valence-corrected chi connectivity index (χ1v) is 6.48. The van der Waals surface area contributed by atoms with Gasteiger partial charge in [0.05, 0.1) is 6.54 Å². The first kappa shape index (κ1) is 15.4. The van der Waals surface area contributed by atoms with Crippen molar-refractivity contribution in [3.05, 3.63) is 12.2 Å². The van der Waals surface area contributed by atoms with E-state index in [1.165, 1.54) is 0 Å². The summed E-state index contributed by atoms with van der Waals surface area (Å²) in [5.41, 5.74) is 0. The quantitative estimate of drug-likeness (QED) is 0.894. The molecule has 1 aromatic heterocycles. The minimum absolute atomic E-state index is 0. The number of rotatable bonds is 4. The van der Waals surface area contributed by atoms with Crippen molar-refractivity contribution in [3.8, 4) is 0 Å². The van der Waals surface area contributed by atoms with E-state index in [-0.39, 0.29) is 12.4 Å². The number of halogens is 1. The van der Waals surface area contributed by atoms with Crippen molar-refractivity contribution in [2.45, 2.75) is 39.9 Å². The second-order valence-electron chi connectivity index (χ2n) is 5.28. The third kappa shape index (κ3) is 3.93. The second-order valence-corrected chi connectivity index (χ2v) is 5.28. The summed E-state index contributed by atoms with van der Waals surface area (Å²) < 4.78 is 2.04. The molecule has 18 heavy (non-hydrogen) atoms. The van der Waals surface area contributed by atoms with E-state index >= 15 is 0 Å². The smallest absolute Gasteiger partial charge is 0.141 e. The largest absolute Gasteiger partial charge is 0.314 e. The normalized spacial score (nSPS) is 21.0. The van der Waals surface area contributed by atoms with Crippen LogP contribution in [0.3, 0.4) is 0 Å². The molecule has 1 aliphatic heterocycles. The molecule has 1 aromatic rings. The molecule has 2 rings (SSSR count). The van der Waals surface area contributed by atoms with Crippen molar-refractivity contribution in [1.29, 1.82) is 0 Å². The first-order chi connectivity index (χ1) is 8.16. The van der Waals surface area contributed by atoms with Crippen LogP contribution in [0.25, 0.3) is 0 Å². The molecular weight excluding hydrogens is 250 g/mol. The van der Waals surface area contributed by atoms with Gasteiger partial charge >= 0.3 is 0 Å². The van der Waals surface area contributed by atoms with Gasteiger partial charge in [-0.2, -0.15) is 5.10 Å². The molecule has 1 aliphatic rings. The van der Waals surface area contributed by atoms with Gasteiger partial charge < -0.3 is 5.32 Å². The van der Waals surface area contributed by atoms with E-state index in [9.17, 15) is 0 Å². The lowest BCUT2D eigenvalue weighted by molar-refractivity contribution is 0.158. The standard InChI is InChI=1S/C12H23N5.ClH/c1-10(2)7-17-12(14-9-15-17)8-16-5-4-13-6-11(16)3;/h9-11,13H,4-8H2,1-3H3;1H/t11-;/m0./s1. The summed E-state index contributed by atoms with van der Waals surface area (Å²) in [6, 6.07) is 0.577. The summed E-state index contributed by atoms with van der Waals surface area (Å²) in [5, 5.41) is 7.72. The van der Waals surface area contributed by atoms with Crippen molar-refractivity contribution in [3.63, 3.8) is 0 Å². The van der Waals surface area contributed by atoms with Crippen LogP contribution in [-0.2, 0) is 13.1 Å². The molecule has 0 unspecified atom stereocenters. The van der Waals surface area contributed by atoms with Crippen LogP contribution < -0.4 is 5.32 Å². The monoisotopic (exact) mass is 273 g/mol.